The van der Waals surface area contributed by atoms with E-state index in [0.29, 0.717) is 27.8 Å². The smallest absolute Gasteiger partial charge is 0.275 e. The minimum Gasteiger partial charge on any atom is -0.324 e. The van der Waals surface area contributed by atoms with Crippen LogP contribution in [0.2, 0.25) is 0 Å². The monoisotopic (exact) mass is 581 g/mol. The molecule has 0 saturated heterocycles. The Morgan fingerprint density at radius 3 is 2.27 bits per heavy atom. The number of rotatable bonds is 7. The molecule has 1 N–H and O–H groups in total. The van der Waals surface area contributed by atoms with Gasteiger partial charge in [0.2, 0.25) is 5.95 Å². The van der Waals surface area contributed by atoms with Gasteiger partial charge in [0.05, 0.1) is 23.0 Å². The number of sulfone groups is 1. The number of pyridine rings is 1. The number of fused-ring (bicyclic) bond motifs is 1. The molecule has 0 radical (unpaired) electrons. The third kappa shape index (κ3) is 5.25. The molecular formula is C27H24FN5O5S2. The quantitative estimate of drug-likeness (QED) is 0.307. The third-order valence-electron chi connectivity index (χ3n) is 6.24. The van der Waals surface area contributed by atoms with Crippen molar-refractivity contribution >= 4 is 42.4 Å². The van der Waals surface area contributed by atoms with E-state index in [0.717, 1.165) is 28.2 Å². The third-order valence-corrected chi connectivity index (χ3v) is 8.78. The first-order valence-corrected chi connectivity index (χ1v) is 15.4. The van der Waals surface area contributed by atoms with Crippen molar-refractivity contribution in [1.29, 1.82) is 0 Å². The Kier molecular flexibility index (Phi) is 6.80. The van der Waals surface area contributed by atoms with Crippen LogP contribution in [0.5, 0.6) is 0 Å². The lowest BCUT2D eigenvalue weighted by Gasteiger charge is -2.16. The molecule has 10 nitrogen and oxygen atoms in total. The number of halogens is 1. The highest BCUT2D eigenvalue weighted by atomic mass is 32.2. The Bertz CT molecular complexity index is 2030. The predicted octanol–water partition coefficient (Wildman–Crippen LogP) is 3.77. The van der Waals surface area contributed by atoms with Crippen LogP contribution < -0.4 is 10.9 Å². The number of benzene rings is 2. The summed E-state index contributed by atoms with van der Waals surface area (Å²) < 4.78 is 66.8. The van der Waals surface area contributed by atoms with Crippen LogP contribution in [0.3, 0.4) is 0 Å². The normalized spacial score (nSPS) is 12.1. The van der Waals surface area contributed by atoms with Crippen molar-refractivity contribution in [3.8, 4) is 11.1 Å². The number of hydrogen-bond donors (Lipinski definition) is 1. The number of aryl methyl sites for hydroxylation is 2. The van der Waals surface area contributed by atoms with Crippen LogP contribution in [-0.4, -0.2) is 41.6 Å². The molecule has 0 spiro atoms. The molecule has 206 valence electrons. The molecule has 0 aliphatic heterocycles. The molecule has 0 unspecified atom stereocenters. The molecule has 5 aromatic rings. The average molecular weight is 582 g/mol. The molecule has 3 aromatic heterocycles. The van der Waals surface area contributed by atoms with E-state index >= 15 is 0 Å². The van der Waals surface area contributed by atoms with Crippen LogP contribution in [0, 0.1) is 12.7 Å². The van der Waals surface area contributed by atoms with Crippen LogP contribution in [-0.2, 0) is 32.7 Å². The number of nitrogens with one attached hydrogen (secondary N) is 1. The number of aromatic nitrogens is 4. The zero-order valence-corrected chi connectivity index (χ0v) is 23.3. The summed E-state index contributed by atoms with van der Waals surface area (Å²) in [6.07, 6.45) is 5.97. The highest BCUT2D eigenvalue weighted by molar-refractivity contribution is 7.90. The van der Waals surface area contributed by atoms with Gasteiger partial charge >= 0.3 is 0 Å². The maximum Gasteiger partial charge on any atom is 0.275 e. The summed E-state index contributed by atoms with van der Waals surface area (Å²) in [6.45, 7) is 1.84. The van der Waals surface area contributed by atoms with Crippen molar-refractivity contribution in [3.05, 3.63) is 101 Å². The predicted molar refractivity (Wildman–Crippen MR) is 150 cm³/mol. The first-order valence-electron chi connectivity index (χ1n) is 11.9. The summed E-state index contributed by atoms with van der Waals surface area (Å²) >= 11 is 0. The summed E-state index contributed by atoms with van der Waals surface area (Å²) in [5.41, 5.74) is 2.08. The van der Waals surface area contributed by atoms with E-state index in [1.807, 2.05) is 6.92 Å². The number of anilines is 2. The van der Waals surface area contributed by atoms with E-state index in [-0.39, 0.29) is 22.1 Å². The molecule has 0 aliphatic carbocycles. The summed E-state index contributed by atoms with van der Waals surface area (Å²) in [5.74, 6) is -0.783. The summed E-state index contributed by atoms with van der Waals surface area (Å²) in [7, 11) is -6.01. The highest BCUT2D eigenvalue weighted by Gasteiger charge is 2.24. The molecule has 0 aliphatic rings. The molecule has 3 heterocycles. The second kappa shape index (κ2) is 9.99. The molecule has 5 rings (SSSR count). The Morgan fingerprint density at radius 1 is 0.950 bits per heavy atom. The fourth-order valence-electron chi connectivity index (χ4n) is 4.38. The van der Waals surface area contributed by atoms with E-state index in [2.05, 4.69) is 15.3 Å². The van der Waals surface area contributed by atoms with Crippen LogP contribution >= 0.6 is 0 Å². The van der Waals surface area contributed by atoms with E-state index in [1.165, 1.54) is 36.0 Å². The van der Waals surface area contributed by atoms with Crippen LogP contribution in [0.4, 0.5) is 16.0 Å². The van der Waals surface area contributed by atoms with E-state index in [9.17, 15) is 26.0 Å². The SMILES string of the molecule is Cc1ccc(S(=O)(=O)n2ccc3c(-c4cc(CS(C)(=O)=O)ccc4Nc4ncc(F)cn4)cn(C)c(=O)c32)cc1. The van der Waals surface area contributed by atoms with Gasteiger partial charge < -0.3 is 9.88 Å². The van der Waals surface area contributed by atoms with Crippen molar-refractivity contribution in [2.75, 3.05) is 11.6 Å². The lowest BCUT2D eigenvalue weighted by Crippen LogP contribution is -2.22. The van der Waals surface area contributed by atoms with Gasteiger partial charge in [-0.2, -0.15) is 0 Å². The van der Waals surface area contributed by atoms with Gasteiger partial charge in [0.25, 0.3) is 15.6 Å². The zero-order chi connectivity index (χ0) is 28.8. The van der Waals surface area contributed by atoms with E-state index in [1.54, 1.807) is 36.5 Å². The Hall–Kier alpha value is -4.36. The maximum absolute atomic E-state index is 13.6. The Morgan fingerprint density at radius 2 is 1.62 bits per heavy atom. The van der Waals surface area contributed by atoms with Crippen LogP contribution in [0.25, 0.3) is 22.0 Å². The summed E-state index contributed by atoms with van der Waals surface area (Å²) in [6, 6.07) is 12.7. The molecule has 0 amide bonds. The van der Waals surface area contributed by atoms with Gasteiger partial charge in [-0.05, 0) is 42.8 Å². The van der Waals surface area contributed by atoms with Crippen molar-refractivity contribution in [2.24, 2.45) is 7.05 Å². The van der Waals surface area contributed by atoms with Gasteiger partial charge in [-0.1, -0.05) is 23.8 Å². The largest absolute Gasteiger partial charge is 0.324 e. The second-order valence-electron chi connectivity index (χ2n) is 9.45. The molecule has 13 heteroatoms. The van der Waals surface area contributed by atoms with Crippen LogP contribution in [0.15, 0.2) is 83.0 Å². The number of hydrogen-bond acceptors (Lipinski definition) is 8. The van der Waals surface area contributed by atoms with Crippen molar-refractivity contribution < 1.29 is 21.2 Å². The summed E-state index contributed by atoms with van der Waals surface area (Å²) in [5, 5.41) is 3.34. The molecular weight excluding hydrogens is 557 g/mol. The van der Waals surface area contributed by atoms with Gasteiger partial charge in [0.1, 0.15) is 5.52 Å². The molecule has 2 aromatic carbocycles. The fraction of sp³-hybridized carbons (Fsp3) is 0.148. The molecule has 40 heavy (non-hydrogen) atoms. The molecule has 0 saturated carbocycles. The fourth-order valence-corrected chi connectivity index (χ4v) is 6.51. The Labute approximate surface area is 229 Å². The van der Waals surface area contributed by atoms with Crippen molar-refractivity contribution in [1.82, 2.24) is 18.5 Å². The minimum atomic E-state index is -4.12. The van der Waals surface area contributed by atoms with E-state index < -0.39 is 31.2 Å². The topological polar surface area (TPSA) is 133 Å². The molecule has 0 atom stereocenters. The van der Waals surface area contributed by atoms with Gasteiger partial charge in [-0.15, -0.1) is 0 Å². The zero-order valence-electron chi connectivity index (χ0n) is 21.7. The maximum atomic E-state index is 13.6. The lowest BCUT2D eigenvalue weighted by molar-refractivity contribution is 0.588. The first-order chi connectivity index (χ1) is 18.8. The van der Waals surface area contributed by atoms with Gasteiger partial charge in [0, 0.05) is 47.9 Å². The van der Waals surface area contributed by atoms with E-state index in [4.69, 9.17) is 0 Å². The number of nitrogens with zero attached hydrogens (tertiary/aromatic N) is 4. The first kappa shape index (κ1) is 27.2. The second-order valence-corrected chi connectivity index (χ2v) is 13.4. The van der Waals surface area contributed by atoms with Gasteiger partial charge in [-0.25, -0.2) is 35.2 Å². The summed E-state index contributed by atoms with van der Waals surface area (Å²) in [4.78, 5) is 21.2. The molecule has 0 bridgehead atoms. The average Bonchev–Trinajstić information content (AvgIpc) is 3.34. The van der Waals surface area contributed by atoms with Crippen LogP contribution in [0.1, 0.15) is 11.1 Å². The van der Waals surface area contributed by atoms with Gasteiger partial charge in [-0.3, -0.25) is 4.79 Å². The van der Waals surface area contributed by atoms with Crippen molar-refractivity contribution in [2.45, 2.75) is 17.6 Å². The molecule has 0 fully saturated rings. The minimum absolute atomic E-state index is 0.0222. The Balaban J connectivity index is 1.75. The lowest BCUT2D eigenvalue weighted by atomic mass is 10.00. The van der Waals surface area contributed by atoms with Crippen molar-refractivity contribution in [3.63, 3.8) is 0 Å². The highest BCUT2D eigenvalue weighted by Crippen LogP contribution is 2.36. The van der Waals surface area contributed by atoms with Gasteiger partial charge in [0.15, 0.2) is 15.7 Å². The standard InChI is InChI=1S/C27H24FN5O5S2/c1-17-4-7-20(8-5-17)40(37,38)33-11-10-21-23(15-32(2)26(34)25(21)33)22-12-18(16-39(3,35)36)6-9-24(22)31-27-29-13-19(28)14-30-27/h4-15H,16H2,1-3H3,(H,29,30,31).